The summed E-state index contributed by atoms with van der Waals surface area (Å²) in [5, 5.41) is 43.9. The van der Waals surface area contributed by atoms with Gasteiger partial charge < -0.3 is 48.8 Å². The molecule has 0 saturated heterocycles. The van der Waals surface area contributed by atoms with Crippen molar-refractivity contribution < 1.29 is 63.2 Å². The van der Waals surface area contributed by atoms with E-state index in [9.17, 15) is 34.8 Å². The molecule has 0 aromatic rings. The molecule has 14 heteroatoms. The average molecular weight is 924 g/mol. The number of carbonyl (C=O) groups is 3. The summed E-state index contributed by atoms with van der Waals surface area (Å²) in [7, 11) is 8.43. The SMILES string of the molecule is COCC(C(=O)O[C@@H]1C/C=C/C=C/C(=O)O[C@H]([C@@H](C)[C@@H](O)[C@@H](C)CC[C@@H](O)[C@H](C)[C@H](OC(C)=O)[C@H](C)CCO)C/C=C/[C@H](OC)C[C@H](C)C/C=C/[C@@H](OC)CC[C@@H](C)[C@@H](O)[C@@H]1C)N(C)C. The Morgan fingerprint density at radius 1 is 0.862 bits per heavy atom. The van der Waals surface area contributed by atoms with E-state index >= 15 is 0 Å². The lowest BCUT2D eigenvalue weighted by Gasteiger charge is -2.33. The van der Waals surface area contributed by atoms with E-state index in [0.717, 1.165) is 12.8 Å². The number of aliphatic hydroxyl groups excluding tert-OH is 4. The first kappa shape index (κ1) is 60.1. The van der Waals surface area contributed by atoms with Gasteiger partial charge in [0.05, 0.1) is 37.1 Å². The second-order valence-corrected chi connectivity index (χ2v) is 18.9. The van der Waals surface area contributed by atoms with Crippen LogP contribution in [-0.4, -0.2) is 147 Å². The lowest BCUT2D eigenvalue weighted by Crippen LogP contribution is -2.44. The minimum atomic E-state index is -0.895. The van der Waals surface area contributed by atoms with Gasteiger partial charge in [0.1, 0.15) is 24.4 Å². The molecule has 1 rings (SSSR count). The molecule has 0 spiro atoms. The fourth-order valence-corrected chi connectivity index (χ4v) is 8.50. The van der Waals surface area contributed by atoms with Crippen molar-refractivity contribution in [2.75, 3.05) is 48.6 Å². The highest BCUT2D eigenvalue weighted by Gasteiger charge is 2.35. The molecular formula is C51H89NO13. The highest BCUT2D eigenvalue weighted by atomic mass is 16.6. The second kappa shape index (κ2) is 32.7. The van der Waals surface area contributed by atoms with E-state index in [0.29, 0.717) is 38.5 Å². The fraction of sp³-hybridized carbons (Fsp3) is 0.784. The van der Waals surface area contributed by atoms with Crippen molar-refractivity contribution in [2.45, 2.75) is 168 Å². The molecule has 0 saturated carbocycles. The number of nitrogens with zero attached hydrogens (tertiary/aromatic N) is 1. The summed E-state index contributed by atoms with van der Waals surface area (Å²) in [5.41, 5.74) is 0. The van der Waals surface area contributed by atoms with Gasteiger partial charge in [-0.25, -0.2) is 4.79 Å². The number of hydrogen-bond donors (Lipinski definition) is 4. The van der Waals surface area contributed by atoms with Crippen LogP contribution in [0, 0.1) is 41.4 Å². The zero-order valence-corrected chi connectivity index (χ0v) is 42.0. The molecule has 1 aliphatic heterocycles. The number of cyclic esters (lactones) is 1. The number of carbonyl (C=O) groups excluding carboxylic acids is 3. The Bertz CT molecular complexity index is 1450. The van der Waals surface area contributed by atoms with Crippen LogP contribution in [0.1, 0.15) is 113 Å². The van der Waals surface area contributed by atoms with Gasteiger partial charge in [-0.3, -0.25) is 14.5 Å². The van der Waals surface area contributed by atoms with Crippen molar-refractivity contribution in [3.8, 4) is 0 Å². The Hall–Kier alpha value is -2.95. The van der Waals surface area contributed by atoms with Gasteiger partial charge in [0.15, 0.2) is 0 Å². The van der Waals surface area contributed by atoms with Crippen molar-refractivity contribution in [1.29, 1.82) is 0 Å². The lowest BCUT2D eigenvalue weighted by molar-refractivity contribution is -0.162. The molecule has 0 bridgehead atoms. The molecule has 16 atom stereocenters. The molecule has 1 aliphatic rings. The molecule has 0 radical (unpaired) electrons. The molecule has 1 heterocycles. The summed E-state index contributed by atoms with van der Waals surface area (Å²) in [6.07, 6.45) is 14.4. The highest BCUT2D eigenvalue weighted by molar-refractivity contribution is 5.82. The smallest absolute Gasteiger partial charge is 0.331 e. The quantitative estimate of drug-likeness (QED) is 0.0614. The molecule has 376 valence electrons. The molecule has 0 fully saturated rings. The number of methoxy groups -OCH3 is 3. The van der Waals surface area contributed by atoms with E-state index in [2.05, 4.69) is 19.1 Å². The van der Waals surface area contributed by atoms with Gasteiger partial charge in [-0.05, 0) is 82.7 Å². The number of aliphatic hydroxyl groups is 4. The molecule has 14 nitrogen and oxygen atoms in total. The van der Waals surface area contributed by atoms with Gasteiger partial charge >= 0.3 is 17.9 Å². The topological polar surface area (TPSA) is 191 Å². The van der Waals surface area contributed by atoms with Crippen LogP contribution in [0.15, 0.2) is 48.6 Å². The van der Waals surface area contributed by atoms with Crippen molar-refractivity contribution in [3.63, 3.8) is 0 Å². The summed E-state index contributed by atoms with van der Waals surface area (Å²) in [6, 6.07) is -0.638. The molecule has 0 aromatic carbocycles. The Balaban J connectivity index is 3.45. The molecule has 4 N–H and O–H groups in total. The third-order valence-corrected chi connectivity index (χ3v) is 13.3. The summed E-state index contributed by atoms with van der Waals surface area (Å²) in [5.74, 6) is -3.14. The number of allylic oxidation sites excluding steroid dienone is 3. The van der Waals surface area contributed by atoms with Crippen LogP contribution in [0.5, 0.6) is 0 Å². The Morgan fingerprint density at radius 3 is 2.11 bits per heavy atom. The lowest BCUT2D eigenvalue weighted by atomic mass is 9.82. The van der Waals surface area contributed by atoms with Crippen molar-refractivity contribution in [3.05, 3.63) is 48.6 Å². The van der Waals surface area contributed by atoms with Crippen LogP contribution >= 0.6 is 0 Å². The first-order valence-corrected chi connectivity index (χ1v) is 23.8. The Labute approximate surface area is 391 Å². The van der Waals surface area contributed by atoms with E-state index in [1.165, 1.54) is 20.1 Å². The van der Waals surface area contributed by atoms with Crippen LogP contribution in [0.2, 0.25) is 0 Å². The molecule has 0 aliphatic carbocycles. The highest BCUT2D eigenvalue weighted by Crippen LogP contribution is 2.30. The third-order valence-electron chi connectivity index (χ3n) is 13.3. The normalized spacial score (nSPS) is 30.5. The molecule has 1 unspecified atom stereocenters. The van der Waals surface area contributed by atoms with Gasteiger partial charge in [0.2, 0.25) is 0 Å². The van der Waals surface area contributed by atoms with E-state index in [1.807, 2.05) is 53.7 Å². The fourth-order valence-electron chi connectivity index (χ4n) is 8.50. The van der Waals surface area contributed by atoms with Gasteiger partial charge in [0.25, 0.3) is 0 Å². The van der Waals surface area contributed by atoms with Crippen LogP contribution < -0.4 is 0 Å². The molecule has 0 amide bonds. The maximum absolute atomic E-state index is 13.4. The van der Waals surface area contributed by atoms with Gasteiger partial charge in [-0.1, -0.05) is 91.0 Å². The molecule has 0 aromatic heterocycles. The Kier molecular flexibility index (Phi) is 30.2. The molecule has 65 heavy (non-hydrogen) atoms. The second-order valence-electron chi connectivity index (χ2n) is 18.9. The largest absolute Gasteiger partial charge is 0.462 e. The standard InChI is InChI=1S/C51H89NO13/c1-33-19-17-20-41(61-12)27-25-34(2)48(57)39(7)46(65-51(59)43(32-60-11)52(9)10)22-15-14-16-24-47(56)64-45(23-18-21-42(31-33)62-13)38(6)49(58)35(3)26-28-44(55)37(5)50(63-40(8)54)36(4)29-30-53/h14-18,20-21,24,33-39,41-46,48-50,53,55,57-58H,19,22-23,25-32H2,1-13H3/b15-14+,20-17+,21-18+,24-16+/t33-,34-,35+,36-,37+,38-,39-,41-,42+,43?,44-,45+,46-,48-,49+,50-/m1/s1. The minimum absolute atomic E-state index is 0.0633. The summed E-state index contributed by atoms with van der Waals surface area (Å²) in [6.45, 7) is 14.9. The first-order chi connectivity index (χ1) is 30.7. The third kappa shape index (κ3) is 22.6. The van der Waals surface area contributed by atoms with Gasteiger partial charge in [-0.2, -0.15) is 0 Å². The van der Waals surface area contributed by atoms with Gasteiger partial charge in [-0.15, -0.1) is 0 Å². The van der Waals surface area contributed by atoms with Gasteiger partial charge in [0, 0.05) is 71.5 Å². The van der Waals surface area contributed by atoms with E-state index < -0.39 is 78.3 Å². The average Bonchev–Trinajstić information content (AvgIpc) is 3.26. The van der Waals surface area contributed by atoms with E-state index in [-0.39, 0.29) is 55.5 Å². The minimum Gasteiger partial charge on any atom is -0.462 e. The van der Waals surface area contributed by atoms with Crippen LogP contribution in [0.4, 0.5) is 0 Å². The number of esters is 3. The van der Waals surface area contributed by atoms with Crippen LogP contribution in [0.25, 0.3) is 0 Å². The first-order valence-electron chi connectivity index (χ1n) is 23.8. The number of ether oxygens (including phenoxy) is 6. The van der Waals surface area contributed by atoms with E-state index in [1.54, 1.807) is 51.4 Å². The van der Waals surface area contributed by atoms with Crippen LogP contribution in [-0.2, 0) is 42.8 Å². The summed E-state index contributed by atoms with van der Waals surface area (Å²) < 4.78 is 34.6. The molecular weight excluding hydrogens is 835 g/mol. The monoisotopic (exact) mass is 924 g/mol. The number of rotatable bonds is 19. The predicted molar refractivity (Wildman–Crippen MR) is 254 cm³/mol. The maximum atomic E-state index is 13.4. The zero-order chi connectivity index (χ0) is 49.2. The maximum Gasteiger partial charge on any atom is 0.331 e. The van der Waals surface area contributed by atoms with Crippen molar-refractivity contribution >= 4 is 17.9 Å². The van der Waals surface area contributed by atoms with Crippen LogP contribution in [0.3, 0.4) is 0 Å². The Morgan fingerprint density at radius 2 is 1.51 bits per heavy atom. The number of hydrogen-bond acceptors (Lipinski definition) is 14. The zero-order valence-electron chi connectivity index (χ0n) is 42.0. The van der Waals surface area contributed by atoms with Crippen molar-refractivity contribution in [2.24, 2.45) is 41.4 Å². The van der Waals surface area contributed by atoms with Crippen molar-refractivity contribution in [1.82, 2.24) is 4.90 Å². The summed E-state index contributed by atoms with van der Waals surface area (Å²) >= 11 is 0. The predicted octanol–water partition coefficient (Wildman–Crippen LogP) is 6.63. The van der Waals surface area contributed by atoms with E-state index in [4.69, 9.17) is 28.4 Å². The summed E-state index contributed by atoms with van der Waals surface area (Å²) in [4.78, 5) is 40.4. The number of likely N-dealkylation sites (N-methyl/N-ethyl adjacent to an activating group) is 1.